The average Bonchev–Trinajstić information content (AvgIpc) is 2.62. The second-order valence-electron chi connectivity index (χ2n) is 7.25. The summed E-state index contributed by atoms with van der Waals surface area (Å²) in [5, 5.41) is 0. The van der Waals surface area contributed by atoms with E-state index in [4.69, 9.17) is 0 Å². The van der Waals surface area contributed by atoms with Crippen molar-refractivity contribution in [2.75, 3.05) is 45.2 Å². The van der Waals surface area contributed by atoms with E-state index in [9.17, 15) is 4.79 Å². The molecule has 24 heavy (non-hydrogen) atoms. The molecular weight excluding hydrogens is 302 g/mol. The summed E-state index contributed by atoms with van der Waals surface area (Å²) >= 11 is 0. The van der Waals surface area contributed by atoms with Gasteiger partial charge in [0.25, 0.3) is 0 Å². The predicted molar refractivity (Wildman–Crippen MR) is 94.9 cm³/mol. The summed E-state index contributed by atoms with van der Waals surface area (Å²) < 4.78 is 0. The molecule has 0 saturated carbocycles. The smallest absolute Gasteiger partial charge is 0.226 e. The van der Waals surface area contributed by atoms with Crippen molar-refractivity contribution in [2.45, 2.75) is 38.1 Å². The van der Waals surface area contributed by atoms with Gasteiger partial charge >= 0.3 is 0 Å². The number of likely N-dealkylation sites (tertiary alicyclic amines) is 1. The monoisotopic (exact) mass is 331 g/mol. The summed E-state index contributed by atoms with van der Waals surface area (Å²) in [6.07, 6.45) is 8.89. The predicted octanol–water partition coefficient (Wildman–Crippen LogP) is 1.64. The van der Waals surface area contributed by atoms with E-state index in [0.717, 1.165) is 57.8 Å². The Balaban J connectivity index is 1.57. The molecule has 0 unspecified atom stereocenters. The number of rotatable bonds is 4. The zero-order valence-corrected chi connectivity index (χ0v) is 14.9. The number of hydrogen-bond acceptors (Lipinski definition) is 5. The van der Waals surface area contributed by atoms with Crippen LogP contribution < -0.4 is 4.90 Å². The first-order valence-corrected chi connectivity index (χ1v) is 9.12. The van der Waals surface area contributed by atoms with Crippen molar-refractivity contribution < 1.29 is 4.79 Å². The third kappa shape index (κ3) is 4.04. The van der Waals surface area contributed by atoms with Crippen molar-refractivity contribution in [3.8, 4) is 0 Å². The van der Waals surface area contributed by atoms with E-state index >= 15 is 0 Å². The molecule has 2 aliphatic heterocycles. The Bertz CT molecular complexity index is 527. The quantitative estimate of drug-likeness (QED) is 0.839. The molecule has 6 nitrogen and oxygen atoms in total. The number of carbonyl (C=O) groups is 1. The SMILES string of the molecule is CN(C)C[C@@H]1CCCCN1C(=O)C1CCN(c2ncccn2)CC1. The van der Waals surface area contributed by atoms with Crippen molar-refractivity contribution in [1.29, 1.82) is 0 Å². The lowest BCUT2D eigenvalue weighted by Gasteiger charge is -2.41. The number of carbonyl (C=O) groups excluding carboxylic acids is 1. The Labute approximate surface area is 144 Å². The number of likely N-dealkylation sites (N-methyl/N-ethyl adjacent to an activating group) is 1. The van der Waals surface area contributed by atoms with Gasteiger partial charge in [-0.05, 0) is 52.3 Å². The number of anilines is 1. The van der Waals surface area contributed by atoms with Crippen LogP contribution in [-0.4, -0.2) is 72.0 Å². The molecule has 0 bridgehead atoms. The van der Waals surface area contributed by atoms with E-state index in [1.54, 1.807) is 12.4 Å². The molecule has 1 aromatic heterocycles. The van der Waals surface area contributed by atoms with Crippen molar-refractivity contribution in [1.82, 2.24) is 19.8 Å². The molecule has 0 aliphatic carbocycles. The molecule has 1 amide bonds. The first kappa shape index (κ1) is 17.1. The topological polar surface area (TPSA) is 52.6 Å². The van der Waals surface area contributed by atoms with Crippen LogP contribution in [0.5, 0.6) is 0 Å². The zero-order valence-electron chi connectivity index (χ0n) is 14.9. The standard InChI is InChI=1S/C18H29N5O/c1-21(2)14-16-6-3-4-11-23(16)17(24)15-7-12-22(13-8-15)18-19-9-5-10-20-18/h5,9-10,15-16H,3-4,6-8,11-14H2,1-2H3/t16-/m0/s1. The Morgan fingerprint density at radius 3 is 2.50 bits per heavy atom. The summed E-state index contributed by atoms with van der Waals surface area (Å²) in [5.74, 6) is 1.31. The third-order valence-corrected chi connectivity index (χ3v) is 5.17. The second-order valence-corrected chi connectivity index (χ2v) is 7.25. The lowest BCUT2D eigenvalue weighted by molar-refractivity contribution is -0.140. The highest BCUT2D eigenvalue weighted by Crippen LogP contribution is 2.26. The molecule has 3 heterocycles. The highest BCUT2D eigenvalue weighted by atomic mass is 16.2. The van der Waals surface area contributed by atoms with Gasteiger partial charge < -0.3 is 14.7 Å². The maximum atomic E-state index is 13.0. The molecule has 132 valence electrons. The molecule has 3 rings (SSSR count). The molecule has 2 saturated heterocycles. The minimum Gasteiger partial charge on any atom is -0.341 e. The van der Waals surface area contributed by atoms with Crippen LogP contribution in [0.15, 0.2) is 18.5 Å². The van der Waals surface area contributed by atoms with Crippen molar-refractivity contribution in [3.63, 3.8) is 0 Å². The van der Waals surface area contributed by atoms with Crippen LogP contribution in [0.3, 0.4) is 0 Å². The molecule has 0 spiro atoms. The first-order valence-electron chi connectivity index (χ1n) is 9.12. The van der Waals surface area contributed by atoms with Gasteiger partial charge in [-0.15, -0.1) is 0 Å². The molecule has 2 fully saturated rings. The lowest BCUT2D eigenvalue weighted by atomic mass is 9.92. The summed E-state index contributed by atoms with van der Waals surface area (Å²) in [6.45, 7) is 3.64. The average molecular weight is 331 g/mol. The van der Waals surface area contributed by atoms with Crippen LogP contribution in [0.25, 0.3) is 0 Å². The van der Waals surface area contributed by atoms with Gasteiger partial charge in [0.2, 0.25) is 11.9 Å². The van der Waals surface area contributed by atoms with E-state index < -0.39 is 0 Å². The van der Waals surface area contributed by atoms with Gasteiger partial charge in [-0.25, -0.2) is 9.97 Å². The number of hydrogen-bond donors (Lipinski definition) is 0. The minimum atomic E-state index is 0.160. The molecular formula is C18H29N5O. The number of piperidine rings is 2. The Morgan fingerprint density at radius 2 is 1.83 bits per heavy atom. The first-order chi connectivity index (χ1) is 11.6. The second kappa shape index (κ2) is 7.92. The molecule has 0 aromatic carbocycles. The third-order valence-electron chi connectivity index (χ3n) is 5.17. The number of amides is 1. The number of aromatic nitrogens is 2. The Hall–Kier alpha value is -1.69. The summed E-state index contributed by atoms with van der Waals surface area (Å²) in [7, 11) is 4.19. The summed E-state index contributed by atoms with van der Waals surface area (Å²) in [6, 6.07) is 2.22. The van der Waals surface area contributed by atoms with Crippen LogP contribution in [0.4, 0.5) is 5.95 Å². The van der Waals surface area contributed by atoms with Gasteiger partial charge in [-0.2, -0.15) is 0 Å². The fourth-order valence-electron chi connectivity index (χ4n) is 3.92. The van der Waals surface area contributed by atoms with Crippen molar-refractivity contribution >= 4 is 11.9 Å². The van der Waals surface area contributed by atoms with Crippen molar-refractivity contribution in [3.05, 3.63) is 18.5 Å². The maximum absolute atomic E-state index is 13.0. The maximum Gasteiger partial charge on any atom is 0.226 e. The van der Waals surface area contributed by atoms with E-state index in [2.05, 4.69) is 38.8 Å². The van der Waals surface area contributed by atoms with Gasteiger partial charge in [-0.1, -0.05) is 0 Å². The van der Waals surface area contributed by atoms with Gasteiger partial charge in [0.15, 0.2) is 0 Å². The highest BCUT2D eigenvalue weighted by molar-refractivity contribution is 5.79. The molecule has 2 aliphatic rings. The summed E-state index contributed by atoms with van der Waals surface area (Å²) in [5.41, 5.74) is 0. The number of nitrogens with zero attached hydrogens (tertiary/aromatic N) is 5. The van der Waals surface area contributed by atoms with Crippen molar-refractivity contribution in [2.24, 2.45) is 5.92 Å². The molecule has 1 aromatic rings. The van der Waals surface area contributed by atoms with E-state index in [1.807, 2.05) is 6.07 Å². The van der Waals surface area contributed by atoms with Gasteiger partial charge in [0.05, 0.1) is 0 Å². The Morgan fingerprint density at radius 1 is 1.12 bits per heavy atom. The van der Waals surface area contributed by atoms with E-state index in [1.165, 1.54) is 6.42 Å². The Kier molecular flexibility index (Phi) is 5.66. The largest absolute Gasteiger partial charge is 0.341 e. The highest BCUT2D eigenvalue weighted by Gasteiger charge is 2.33. The fourth-order valence-corrected chi connectivity index (χ4v) is 3.92. The van der Waals surface area contributed by atoms with Gasteiger partial charge in [0, 0.05) is 50.5 Å². The van der Waals surface area contributed by atoms with E-state index in [0.29, 0.717) is 11.9 Å². The fraction of sp³-hybridized carbons (Fsp3) is 0.722. The zero-order chi connectivity index (χ0) is 16.9. The normalized spacial score (nSPS) is 22.9. The van der Waals surface area contributed by atoms with E-state index in [-0.39, 0.29) is 5.92 Å². The minimum absolute atomic E-state index is 0.160. The molecule has 0 N–H and O–H groups in total. The summed E-state index contributed by atoms with van der Waals surface area (Å²) in [4.78, 5) is 28.2. The van der Waals surface area contributed by atoms with Crippen LogP contribution >= 0.6 is 0 Å². The van der Waals surface area contributed by atoms with Crippen LogP contribution in [0.2, 0.25) is 0 Å². The van der Waals surface area contributed by atoms with Crippen LogP contribution in [-0.2, 0) is 4.79 Å². The lowest BCUT2D eigenvalue weighted by Crippen LogP contribution is -2.51. The van der Waals surface area contributed by atoms with Gasteiger partial charge in [0.1, 0.15) is 0 Å². The molecule has 6 heteroatoms. The van der Waals surface area contributed by atoms with Gasteiger partial charge in [-0.3, -0.25) is 4.79 Å². The van der Waals surface area contributed by atoms with Crippen LogP contribution in [0, 0.1) is 5.92 Å². The van der Waals surface area contributed by atoms with Crippen LogP contribution in [0.1, 0.15) is 32.1 Å². The molecule has 1 atom stereocenters. The molecule has 0 radical (unpaired) electrons.